The first-order valence-corrected chi connectivity index (χ1v) is 10.6. The molecule has 3 rings (SSSR count). The zero-order valence-corrected chi connectivity index (χ0v) is 18.8. The smallest absolute Gasteiger partial charge is 0.405 e. The molecule has 2 amide bonds. The number of rotatable bonds is 10. The van der Waals surface area contributed by atoms with Crippen LogP contribution >= 0.6 is 0 Å². The van der Waals surface area contributed by atoms with Gasteiger partial charge in [-0.25, -0.2) is 9.78 Å². The molecule has 35 heavy (non-hydrogen) atoms. The third kappa shape index (κ3) is 6.66. The summed E-state index contributed by atoms with van der Waals surface area (Å²) < 4.78 is 42.8. The molecule has 15 heteroatoms. The van der Waals surface area contributed by atoms with Crippen molar-refractivity contribution in [1.29, 1.82) is 5.41 Å². The summed E-state index contributed by atoms with van der Waals surface area (Å²) in [6.45, 7) is -0.679. The molecule has 1 aromatic heterocycles. The molecule has 12 nitrogen and oxygen atoms in total. The third-order valence-corrected chi connectivity index (χ3v) is 5.05. The van der Waals surface area contributed by atoms with E-state index in [2.05, 4.69) is 26.3 Å². The molecule has 2 aliphatic heterocycles. The second-order valence-corrected chi connectivity index (χ2v) is 7.56. The summed E-state index contributed by atoms with van der Waals surface area (Å²) in [5, 5.41) is 38.7. The number of amides is 2. The monoisotopic (exact) mass is 500 g/mol. The van der Waals surface area contributed by atoms with Crippen LogP contribution in [0.2, 0.25) is 0 Å². The first-order chi connectivity index (χ1) is 16.6. The number of aromatic nitrogens is 1. The van der Waals surface area contributed by atoms with Crippen LogP contribution in [0.25, 0.3) is 0 Å². The van der Waals surface area contributed by atoms with Gasteiger partial charge in [0.2, 0.25) is 0 Å². The maximum atomic E-state index is 12.5. The molecule has 3 heterocycles. The van der Waals surface area contributed by atoms with Gasteiger partial charge in [-0.1, -0.05) is 0 Å². The Morgan fingerprint density at radius 2 is 2.23 bits per heavy atom. The maximum Gasteiger partial charge on any atom is 0.405 e. The van der Waals surface area contributed by atoms with Crippen LogP contribution in [0.15, 0.2) is 42.2 Å². The summed E-state index contributed by atoms with van der Waals surface area (Å²) in [6, 6.07) is 2.50. The first-order valence-electron chi connectivity index (χ1n) is 10.6. The molecule has 0 aliphatic carbocycles. The van der Waals surface area contributed by atoms with Gasteiger partial charge in [0, 0.05) is 44.6 Å². The number of carbonyl (C=O) groups is 1. The van der Waals surface area contributed by atoms with Crippen molar-refractivity contribution in [3.63, 3.8) is 0 Å². The lowest BCUT2D eigenvalue weighted by atomic mass is 10.2. The van der Waals surface area contributed by atoms with Gasteiger partial charge < -0.3 is 41.1 Å². The van der Waals surface area contributed by atoms with E-state index in [9.17, 15) is 23.1 Å². The van der Waals surface area contributed by atoms with Crippen molar-refractivity contribution < 1.29 is 32.9 Å². The van der Waals surface area contributed by atoms with Crippen LogP contribution in [0.3, 0.4) is 0 Å². The summed E-state index contributed by atoms with van der Waals surface area (Å²) in [5.41, 5.74) is 0.780. The minimum absolute atomic E-state index is 0.00978. The van der Waals surface area contributed by atoms with Crippen LogP contribution in [0.1, 0.15) is 11.8 Å². The minimum atomic E-state index is -4.40. The molecule has 0 saturated carbocycles. The van der Waals surface area contributed by atoms with Crippen LogP contribution in [-0.2, 0) is 4.74 Å². The topological polar surface area (TPSA) is 158 Å². The number of halogens is 3. The van der Waals surface area contributed by atoms with E-state index in [0.29, 0.717) is 12.1 Å². The number of nitrogens with one attached hydrogen (secondary N) is 5. The Labute approximate surface area is 198 Å². The lowest BCUT2D eigenvalue weighted by Gasteiger charge is -2.24. The molecule has 7 N–H and O–H groups in total. The number of alkyl halides is 3. The van der Waals surface area contributed by atoms with Gasteiger partial charge in [-0.3, -0.25) is 10.3 Å². The van der Waals surface area contributed by atoms with E-state index in [1.54, 1.807) is 13.1 Å². The Morgan fingerprint density at radius 3 is 2.91 bits per heavy atom. The number of carbonyl (C=O) groups excluding carboxylic acids is 1. The Morgan fingerprint density at radius 1 is 1.46 bits per heavy atom. The fourth-order valence-electron chi connectivity index (χ4n) is 3.37. The highest BCUT2D eigenvalue weighted by Gasteiger charge is 2.33. The van der Waals surface area contributed by atoms with Crippen molar-refractivity contribution in [2.45, 2.75) is 18.6 Å². The highest BCUT2D eigenvalue weighted by Crippen LogP contribution is 2.25. The molecule has 2 aliphatic rings. The van der Waals surface area contributed by atoms with E-state index in [-0.39, 0.29) is 42.7 Å². The summed E-state index contributed by atoms with van der Waals surface area (Å²) in [7, 11) is 1.59. The second-order valence-electron chi connectivity index (χ2n) is 7.56. The molecule has 1 saturated heterocycles. The van der Waals surface area contributed by atoms with Crippen molar-refractivity contribution in [2.24, 2.45) is 0 Å². The zero-order valence-electron chi connectivity index (χ0n) is 18.8. The predicted molar refractivity (Wildman–Crippen MR) is 119 cm³/mol. The van der Waals surface area contributed by atoms with Crippen molar-refractivity contribution >= 4 is 17.7 Å². The Hall–Kier alpha value is -3.72. The highest BCUT2D eigenvalue weighted by molar-refractivity contribution is 6.06. The Bertz CT molecular complexity index is 987. The Balaban J connectivity index is 1.61. The fourth-order valence-corrected chi connectivity index (χ4v) is 3.37. The van der Waals surface area contributed by atoms with E-state index in [1.807, 2.05) is 0 Å². The standard InChI is InChI=1S/C20H27F3N8O4/c1-25-9-13(16(24)31-5-4-30(6-7-32)19(31)34)28-17(33)14-10-35-18(29-14)12-2-3-26-15(8-12)27-11-20(21,22)23/h2-3,8-10,17-18,24-25,28-29,32-33H,4-7,11H2,1H3,(H,26,27)/b13-9+,24-16?. The van der Waals surface area contributed by atoms with Gasteiger partial charge >= 0.3 is 12.2 Å². The lowest BCUT2D eigenvalue weighted by molar-refractivity contribution is -0.115. The second kappa shape index (κ2) is 11.1. The quantitative estimate of drug-likeness (QED) is 0.135. The van der Waals surface area contributed by atoms with E-state index in [1.165, 1.54) is 34.5 Å². The zero-order chi connectivity index (χ0) is 25.6. The SMILES string of the molecule is CN/C=C(/NC(O)C1=COC(c2ccnc(NCC(F)(F)F)c2)N1)C(=N)N1CCN(CCO)C1=O. The van der Waals surface area contributed by atoms with Crippen LogP contribution in [0.4, 0.5) is 23.8 Å². The van der Waals surface area contributed by atoms with Crippen molar-refractivity contribution in [3.05, 3.63) is 47.7 Å². The molecule has 0 aromatic carbocycles. The average Bonchev–Trinajstić information content (AvgIpc) is 3.45. The average molecular weight is 500 g/mol. The number of aliphatic hydroxyl groups is 2. The van der Waals surface area contributed by atoms with Crippen molar-refractivity contribution in [1.82, 2.24) is 30.7 Å². The van der Waals surface area contributed by atoms with Gasteiger partial charge in [-0.2, -0.15) is 13.2 Å². The lowest BCUT2D eigenvalue weighted by Crippen LogP contribution is -2.44. The molecule has 0 spiro atoms. The van der Waals surface area contributed by atoms with Gasteiger partial charge in [0.15, 0.2) is 18.3 Å². The van der Waals surface area contributed by atoms with Crippen LogP contribution in [-0.4, -0.2) is 89.1 Å². The molecule has 1 aromatic rings. The van der Waals surface area contributed by atoms with Gasteiger partial charge in [0.1, 0.15) is 18.6 Å². The van der Waals surface area contributed by atoms with E-state index < -0.39 is 31.2 Å². The summed E-state index contributed by atoms with van der Waals surface area (Å²) in [4.78, 5) is 18.9. The normalized spacial score (nSPS) is 19.1. The minimum Gasteiger partial charge on any atom is -0.472 e. The van der Waals surface area contributed by atoms with Gasteiger partial charge in [0.25, 0.3) is 0 Å². The number of ether oxygens (including phenoxy) is 1. The number of nitrogens with zero attached hydrogens (tertiary/aromatic N) is 3. The van der Waals surface area contributed by atoms with E-state index in [0.717, 1.165) is 0 Å². The van der Waals surface area contributed by atoms with Gasteiger partial charge in [-0.15, -0.1) is 0 Å². The van der Waals surface area contributed by atoms with Gasteiger partial charge in [0.05, 0.1) is 18.0 Å². The molecular weight excluding hydrogens is 473 g/mol. The predicted octanol–water partition coefficient (Wildman–Crippen LogP) is 0.192. The summed E-state index contributed by atoms with van der Waals surface area (Å²) >= 11 is 0. The van der Waals surface area contributed by atoms with Crippen LogP contribution < -0.4 is 21.3 Å². The summed E-state index contributed by atoms with van der Waals surface area (Å²) in [5.74, 6) is -0.176. The number of urea groups is 1. The number of pyridine rings is 1. The first kappa shape index (κ1) is 25.9. The number of amidine groups is 1. The highest BCUT2D eigenvalue weighted by atomic mass is 19.4. The van der Waals surface area contributed by atoms with E-state index in [4.69, 9.17) is 15.3 Å². The van der Waals surface area contributed by atoms with Crippen LogP contribution in [0.5, 0.6) is 0 Å². The number of hydrogen-bond acceptors (Lipinski definition) is 10. The molecule has 2 atom stereocenters. The maximum absolute atomic E-state index is 12.5. The van der Waals surface area contributed by atoms with E-state index >= 15 is 0 Å². The Kier molecular flexibility index (Phi) is 8.24. The molecule has 0 radical (unpaired) electrons. The molecule has 0 bridgehead atoms. The van der Waals surface area contributed by atoms with Crippen LogP contribution in [0, 0.1) is 5.41 Å². The molecule has 2 unspecified atom stereocenters. The molecular formula is C20H27F3N8O4. The fraction of sp³-hybridized carbons (Fsp3) is 0.450. The largest absolute Gasteiger partial charge is 0.472 e. The number of anilines is 1. The third-order valence-electron chi connectivity index (χ3n) is 5.05. The van der Waals surface area contributed by atoms with Crippen molar-refractivity contribution in [3.8, 4) is 0 Å². The number of β-amino-alcohol motifs (C(OH)–C–C–N with tert-alkyl or cyclic N) is 1. The summed E-state index contributed by atoms with van der Waals surface area (Å²) in [6.07, 6.45) is -2.57. The van der Waals surface area contributed by atoms with Crippen molar-refractivity contribution in [2.75, 3.05) is 45.2 Å². The number of hydrogen-bond donors (Lipinski definition) is 7. The number of aliphatic hydroxyl groups excluding tert-OH is 2. The molecule has 192 valence electrons. The molecule has 1 fully saturated rings. The van der Waals surface area contributed by atoms with Gasteiger partial charge in [-0.05, 0) is 12.1 Å².